The highest BCUT2D eigenvalue weighted by atomic mass is 32.2. The molecule has 1 aromatic heterocycles. The summed E-state index contributed by atoms with van der Waals surface area (Å²) >= 11 is 0. The van der Waals surface area contributed by atoms with Gasteiger partial charge in [-0.05, 0) is 30.9 Å². The van der Waals surface area contributed by atoms with Gasteiger partial charge in [-0.3, -0.25) is 14.0 Å². The summed E-state index contributed by atoms with van der Waals surface area (Å²) in [6, 6.07) is 7.09. The van der Waals surface area contributed by atoms with E-state index in [-0.39, 0.29) is 0 Å². The number of amides is 1. The molecule has 146 valence electrons. The van der Waals surface area contributed by atoms with Gasteiger partial charge in [-0.15, -0.1) is 0 Å². The summed E-state index contributed by atoms with van der Waals surface area (Å²) in [5, 5.41) is 0. The number of carbonyl (C=O) groups excluding carboxylic acids is 1. The number of methoxy groups -OCH3 is 1. The molecule has 2 N–H and O–H groups in total. The molecule has 2 heterocycles. The summed E-state index contributed by atoms with van der Waals surface area (Å²) in [4.78, 5) is 21.2. The molecule has 3 rings (SSSR count). The lowest BCUT2D eigenvalue weighted by Crippen LogP contribution is -2.51. The number of aromatic nitrogens is 2. The second kappa shape index (κ2) is 9.06. The van der Waals surface area contributed by atoms with Gasteiger partial charge in [0.25, 0.3) is 0 Å². The van der Waals surface area contributed by atoms with E-state index in [9.17, 15) is 9.00 Å². The van der Waals surface area contributed by atoms with Crippen molar-refractivity contribution >= 4 is 16.7 Å². The zero-order valence-electron chi connectivity index (χ0n) is 15.5. The fraction of sp³-hybridized carbons (Fsp3) is 0.350. The van der Waals surface area contributed by atoms with Crippen LogP contribution < -0.4 is 5.73 Å². The highest BCUT2D eigenvalue weighted by Crippen LogP contribution is 2.32. The van der Waals surface area contributed by atoms with Gasteiger partial charge in [-0.1, -0.05) is 18.1 Å². The van der Waals surface area contributed by atoms with Gasteiger partial charge in [0.15, 0.2) is 0 Å². The number of hydrogen-bond acceptors (Lipinski definition) is 6. The monoisotopic (exact) mass is 399 g/mol. The van der Waals surface area contributed by atoms with Gasteiger partial charge in [0.1, 0.15) is 17.0 Å². The Morgan fingerprint density at radius 2 is 1.96 bits per heavy atom. The number of primary amides is 1. The molecule has 28 heavy (non-hydrogen) atoms. The van der Waals surface area contributed by atoms with E-state index in [0.717, 1.165) is 5.56 Å². The van der Waals surface area contributed by atoms with Crippen molar-refractivity contribution in [3.05, 3.63) is 42.4 Å². The van der Waals surface area contributed by atoms with Crippen LogP contribution in [0.1, 0.15) is 18.5 Å². The van der Waals surface area contributed by atoms with Crippen LogP contribution in [0, 0.1) is 11.8 Å². The summed E-state index contributed by atoms with van der Waals surface area (Å²) in [5.41, 5.74) is 7.65. The lowest BCUT2D eigenvalue weighted by molar-refractivity contribution is -0.122. The van der Waals surface area contributed by atoms with E-state index < -0.39 is 21.5 Å². The average Bonchev–Trinajstić information content (AvgIpc) is 2.74. The smallest absolute Gasteiger partial charge is 0.236 e. The van der Waals surface area contributed by atoms with Crippen molar-refractivity contribution in [2.24, 2.45) is 5.73 Å². The summed E-state index contributed by atoms with van der Waals surface area (Å²) in [6.07, 6.45) is 3.93. The Labute approximate surface area is 166 Å². The Hall–Kier alpha value is -2.60. The van der Waals surface area contributed by atoms with Crippen molar-refractivity contribution in [3.63, 3.8) is 0 Å². The molecule has 0 bridgehead atoms. The van der Waals surface area contributed by atoms with Crippen molar-refractivity contribution in [2.75, 3.05) is 26.9 Å². The second-order valence-corrected chi connectivity index (χ2v) is 8.08. The molecule has 0 saturated carbocycles. The molecule has 1 aromatic carbocycles. The summed E-state index contributed by atoms with van der Waals surface area (Å²) in [6.45, 7) is 1.09. The first-order chi connectivity index (χ1) is 13.6. The Bertz CT molecular complexity index is 911. The highest BCUT2D eigenvalue weighted by Gasteiger charge is 2.45. The summed E-state index contributed by atoms with van der Waals surface area (Å²) < 4.78 is 22.2. The van der Waals surface area contributed by atoms with Gasteiger partial charge in [-0.25, -0.2) is 4.98 Å². The molecule has 1 unspecified atom stereocenters. The molecular formula is C20H21N3O4S. The van der Waals surface area contributed by atoms with E-state index in [2.05, 4.69) is 21.8 Å². The number of rotatable bonds is 5. The number of nitrogens with zero attached hydrogens (tertiary/aromatic N) is 2. The fourth-order valence-electron chi connectivity index (χ4n) is 2.94. The van der Waals surface area contributed by atoms with Crippen LogP contribution in [0.5, 0.6) is 0 Å². The van der Waals surface area contributed by atoms with Crippen molar-refractivity contribution in [1.29, 1.82) is 0 Å². The van der Waals surface area contributed by atoms with Crippen molar-refractivity contribution in [2.45, 2.75) is 22.5 Å². The maximum Gasteiger partial charge on any atom is 0.236 e. The standard InChI is InChI=1S/C20H21N3O4S/c1-26-10-2-3-16-13-23-18(14-22-16)15-4-6-17(7-5-15)28(25)20(19(21)24)8-11-27-12-9-20/h4-7,13-14H,8-12H2,1H3,(H2,21,24). The fourth-order valence-corrected chi connectivity index (χ4v) is 4.49. The molecule has 1 fully saturated rings. The second-order valence-electron chi connectivity index (χ2n) is 6.29. The van der Waals surface area contributed by atoms with Crippen LogP contribution in [-0.4, -0.2) is 51.8 Å². The zero-order chi connectivity index (χ0) is 20.0. The molecule has 1 atom stereocenters. The Kier molecular flexibility index (Phi) is 6.52. The number of nitrogens with two attached hydrogens (primary N) is 1. The first kappa shape index (κ1) is 20.1. The first-order valence-corrected chi connectivity index (χ1v) is 9.91. The number of hydrogen-bond donors (Lipinski definition) is 1. The minimum atomic E-state index is -1.55. The van der Waals surface area contributed by atoms with Crippen LogP contribution in [0.3, 0.4) is 0 Å². The van der Waals surface area contributed by atoms with Crippen molar-refractivity contribution in [1.82, 2.24) is 9.97 Å². The molecule has 1 saturated heterocycles. The number of benzene rings is 1. The average molecular weight is 399 g/mol. The highest BCUT2D eigenvalue weighted by molar-refractivity contribution is 7.87. The normalized spacial score (nSPS) is 16.6. The van der Waals surface area contributed by atoms with Gasteiger partial charge in [0.05, 0.1) is 28.9 Å². The summed E-state index contributed by atoms with van der Waals surface area (Å²) in [5.74, 6) is 5.13. The molecule has 0 radical (unpaired) electrons. The molecule has 2 aromatic rings. The van der Waals surface area contributed by atoms with Crippen LogP contribution in [0.25, 0.3) is 11.3 Å². The Morgan fingerprint density at radius 3 is 2.54 bits per heavy atom. The Morgan fingerprint density at radius 1 is 1.25 bits per heavy atom. The van der Waals surface area contributed by atoms with Crippen LogP contribution >= 0.6 is 0 Å². The van der Waals surface area contributed by atoms with E-state index in [4.69, 9.17) is 15.2 Å². The lowest BCUT2D eigenvalue weighted by Gasteiger charge is -2.33. The van der Waals surface area contributed by atoms with E-state index in [1.165, 1.54) is 0 Å². The van der Waals surface area contributed by atoms with E-state index in [1.54, 1.807) is 31.6 Å². The molecular weight excluding hydrogens is 378 g/mol. The quantitative estimate of drug-likeness (QED) is 0.760. The SMILES string of the molecule is COCC#Cc1cnc(-c2ccc(S(=O)C3(C(N)=O)CCOCC3)cc2)cn1. The minimum absolute atomic E-state index is 0.334. The minimum Gasteiger partial charge on any atom is -0.381 e. The van der Waals surface area contributed by atoms with Gasteiger partial charge in [0, 0.05) is 30.8 Å². The predicted molar refractivity (Wildman–Crippen MR) is 105 cm³/mol. The lowest BCUT2D eigenvalue weighted by atomic mass is 9.98. The third-order valence-electron chi connectivity index (χ3n) is 4.55. The third kappa shape index (κ3) is 4.28. The van der Waals surface area contributed by atoms with Crippen LogP contribution in [0.4, 0.5) is 0 Å². The van der Waals surface area contributed by atoms with Crippen LogP contribution in [0.15, 0.2) is 41.6 Å². The third-order valence-corrected chi connectivity index (χ3v) is 6.57. The maximum atomic E-state index is 13.1. The molecule has 1 amide bonds. The molecule has 1 aliphatic rings. The van der Waals surface area contributed by atoms with E-state index in [1.807, 2.05) is 12.1 Å². The largest absolute Gasteiger partial charge is 0.381 e. The van der Waals surface area contributed by atoms with E-state index in [0.29, 0.717) is 48.9 Å². The number of ether oxygens (including phenoxy) is 2. The molecule has 0 aliphatic carbocycles. The summed E-state index contributed by atoms with van der Waals surface area (Å²) in [7, 11) is 0.0244. The molecule has 7 nitrogen and oxygen atoms in total. The van der Waals surface area contributed by atoms with Crippen LogP contribution in [0.2, 0.25) is 0 Å². The first-order valence-electron chi connectivity index (χ1n) is 8.76. The zero-order valence-corrected chi connectivity index (χ0v) is 16.3. The topological polar surface area (TPSA) is 104 Å². The molecule has 0 spiro atoms. The Balaban J connectivity index is 1.79. The predicted octanol–water partition coefficient (Wildman–Crippen LogP) is 1.28. The van der Waals surface area contributed by atoms with Crippen LogP contribution in [-0.2, 0) is 25.1 Å². The van der Waals surface area contributed by atoms with Gasteiger partial charge < -0.3 is 15.2 Å². The van der Waals surface area contributed by atoms with Crippen molar-refractivity contribution < 1.29 is 18.5 Å². The molecule has 8 heteroatoms. The van der Waals surface area contributed by atoms with Gasteiger partial charge >= 0.3 is 0 Å². The maximum absolute atomic E-state index is 13.1. The van der Waals surface area contributed by atoms with E-state index >= 15 is 0 Å². The molecule has 1 aliphatic heterocycles. The van der Waals surface area contributed by atoms with Gasteiger partial charge in [-0.2, -0.15) is 0 Å². The van der Waals surface area contributed by atoms with Crippen molar-refractivity contribution in [3.8, 4) is 23.1 Å². The van der Waals surface area contributed by atoms with Gasteiger partial charge in [0.2, 0.25) is 5.91 Å². The number of carbonyl (C=O) groups is 1.